The molecule has 1 aromatic carbocycles. The minimum atomic E-state index is -0.250. The number of rotatable bonds is 8. The Labute approximate surface area is 115 Å². The van der Waals surface area contributed by atoms with E-state index in [9.17, 15) is 9.50 Å². The van der Waals surface area contributed by atoms with Crippen molar-refractivity contribution < 1.29 is 9.50 Å². The summed E-state index contributed by atoms with van der Waals surface area (Å²) >= 11 is 0. The Morgan fingerprint density at radius 1 is 1.26 bits per heavy atom. The Hall–Kier alpha value is -0.970. The molecule has 4 heteroatoms. The first-order valence-electron chi connectivity index (χ1n) is 6.98. The van der Waals surface area contributed by atoms with E-state index in [1.54, 1.807) is 6.07 Å². The second kappa shape index (κ2) is 8.25. The Bertz CT molecular complexity index is 380. The highest BCUT2D eigenvalue weighted by Gasteiger charge is 2.16. The van der Waals surface area contributed by atoms with E-state index >= 15 is 0 Å². The standard InChI is InChI=1S/C15H25FN2O/c1-3-15(4-2)18(7-8-19)11-12-5-6-14(16)9-13(12)10-17/h5-6,9,15,19H,3-4,7-8,10-11,17H2,1-2H3. The second-order valence-electron chi connectivity index (χ2n) is 4.78. The molecule has 3 nitrogen and oxygen atoms in total. The van der Waals surface area contributed by atoms with Crippen LogP contribution in [-0.4, -0.2) is 29.2 Å². The lowest BCUT2D eigenvalue weighted by Crippen LogP contribution is -2.36. The molecule has 0 atom stereocenters. The van der Waals surface area contributed by atoms with Gasteiger partial charge in [-0.15, -0.1) is 0 Å². The fourth-order valence-electron chi connectivity index (χ4n) is 2.48. The topological polar surface area (TPSA) is 49.5 Å². The van der Waals surface area contributed by atoms with Crippen LogP contribution in [-0.2, 0) is 13.1 Å². The molecule has 19 heavy (non-hydrogen) atoms. The first kappa shape index (κ1) is 16.1. The lowest BCUT2D eigenvalue weighted by atomic mass is 10.0. The van der Waals surface area contributed by atoms with Crippen LogP contribution in [0.4, 0.5) is 4.39 Å². The molecule has 0 spiro atoms. The van der Waals surface area contributed by atoms with Crippen LogP contribution in [0.3, 0.4) is 0 Å². The minimum absolute atomic E-state index is 0.135. The van der Waals surface area contributed by atoms with Gasteiger partial charge in [0.25, 0.3) is 0 Å². The van der Waals surface area contributed by atoms with Crippen LogP contribution >= 0.6 is 0 Å². The van der Waals surface area contributed by atoms with Crippen molar-refractivity contribution in [1.82, 2.24) is 4.90 Å². The molecule has 0 fully saturated rings. The predicted octanol–water partition coefficient (Wildman–Crippen LogP) is 2.27. The van der Waals surface area contributed by atoms with Gasteiger partial charge in [-0.3, -0.25) is 4.90 Å². The monoisotopic (exact) mass is 268 g/mol. The van der Waals surface area contributed by atoms with E-state index in [0.29, 0.717) is 25.7 Å². The number of aliphatic hydroxyl groups excluding tert-OH is 1. The van der Waals surface area contributed by atoms with Crippen LogP contribution in [0.2, 0.25) is 0 Å². The van der Waals surface area contributed by atoms with Gasteiger partial charge in [0.15, 0.2) is 0 Å². The first-order chi connectivity index (χ1) is 9.15. The zero-order valence-electron chi connectivity index (χ0n) is 11.9. The molecule has 0 bridgehead atoms. The molecular formula is C15H25FN2O. The number of nitrogens with two attached hydrogens (primary N) is 1. The van der Waals surface area contributed by atoms with E-state index < -0.39 is 0 Å². The third-order valence-electron chi connectivity index (χ3n) is 3.61. The summed E-state index contributed by atoms with van der Waals surface area (Å²) < 4.78 is 13.2. The van der Waals surface area contributed by atoms with Crippen molar-refractivity contribution in [3.05, 3.63) is 35.1 Å². The highest BCUT2D eigenvalue weighted by molar-refractivity contribution is 5.27. The molecule has 0 radical (unpaired) electrons. The van der Waals surface area contributed by atoms with Crippen molar-refractivity contribution in [3.63, 3.8) is 0 Å². The highest BCUT2D eigenvalue weighted by atomic mass is 19.1. The molecule has 0 saturated heterocycles. The molecule has 0 heterocycles. The third kappa shape index (κ3) is 4.56. The van der Waals surface area contributed by atoms with E-state index in [0.717, 1.165) is 24.0 Å². The van der Waals surface area contributed by atoms with Gasteiger partial charge in [-0.1, -0.05) is 19.9 Å². The number of halogens is 1. The zero-order chi connectivity index (χ0) is 14.3. The Kier molecular flexibility index (Phi) is 6.99. The average Bonchev–Trinajstić information content (AvgIpc) is 2.42. The van der Waals surface area contributed by atoms with E-state index in [2.05, 4.69) is 18.7 Å². The summed E-state index contributed by atoms with van der Waals surface area (Å²) in [6.45, 7) is 6.10. The fourth-order valence-corrected chi connectivity index (χ4v) is 2.48. The largest absolute Gasteiger partial charge is 0.395 e. The van der Waals surface area contributed by atoms with Crippen molar-refractivity contribution >= 4 is 0 Å². The van der Waals surface area contributed by atoms with Crippen LogP contribution < -0.4 is 5.73 Å². The molecule has 0 aromatic heterocycles. The molecule has 3 N–H and O–H groups in total. The lowest BCUT2D eigenvalue weighted by molar-refractivity contribution is 0.136. The fraction of sp³-hybridized carbons (Fsp3) is 0.600. The van der Waals surface area contributed by atoms with E-state index in [1.165, 1.54) is 12.1 Å². The summed E-state index contributed by atoms with van der Waals surface area (Å²) in [5.41, 5.74) is 7.56. The van der Waals surface area contributed by atoms with Crippen molar-refractivity contribution in [2.45, 2.75) is 45.8 Å². The molecule has 1 rings (SSSR count). The molecule has 0 unspecified atom stereocenters. The smallest absolute Gasteiger partial charge is 0.123 e. The van der Waals surface area contributed by atoms with Crippen molar-refractivity contribution in [2.24, 2.45) is 5.73 Å². The molecule has 0 aliphatic rings. The van der Waals surface area contributed by atoms with Crippen LogP contribution in [0.15, 0.2) is 18.2 Å². The van der Waals surface area contributed by atoms with Crippen molar-refractivity contribution in [3.8, 4) is 0 Å². The van der Waals surface area contributed by atoms with Gasteiger partial charge in [0.2, 0.25) is 0 Å². The SMILES string of the molecule is CCC(CC)N(CCO)Cc1ccc(F)cc1CN. The van der Waals surface area contributed by atoms with Gasteiger partial charge >= 0.3 is 0 Å². The third-order valence-corrected chi connectivity index (χ3v) is 3.61. The van der Waals surface area contributed by atoms with Gasteiger partial charge in [0.1, 0.15) is 5.82 Å². The molecule has 1 aromatic rings. The van der Waals surface area contributed by atoms with Gasteiger partial charge in [-0.2, -0.15) is 0 Å². The number of aliphatic hydroxyl groups is 1. The number of benzene rings is 1. The van der Waals surface area contributed by atoms with E-state index in [1.807, 2.05) is 0 Å². The molecule has 0 amide bonds. The summed E-state index contributed by atoms with van der Waals surface area (Å²) in [5, 5.41) is 9.20. The summed E-state index contributed by atoms with van der Waals surface area (Å²) in [7, 11) is 0. The van der Waals surface area contributed by atoms with Crippen LogP contribution in [0.1, 0.15) is 37.8 Å². The molecule has 108 valence electrons. The van der Waals surface area contributed by atoms with E-state index in [-0.39, 0.29) is 12.4 Å². The summed E-state index contributed by atoms with van der Waals surface area (Å²) in [4.78, 5) is 2.24. The maximum atomic E-state index is 13.2. The Morgan fingerprint density at radius 2 is 1.95 bits per heavy atom. The summed E-state index contributed by atoms with van der Waals surface area (Å²) in [5.74, 6) is -0.250. The Balaban J connectivity index is 2.89. The quantitative estimate of drug-likeness (QED) is 0.760. The maximum Gasteiger partial charge on any atom is 0.123 e. The summed E-state index contributed by atoms with van der Waals surface area (Å²) in [6.07, 6.45) is 2.07. The number of hydrogen-bond acceptors (Lipinski definition) is 3. The average molecular weight is 268 g/mol. The molecular weight excluding hydrogens is 243 g/mol. The van der Waals surface area contributed by atoms with Gasteiger partial charge < -0.3 is 10.8 Å². The van der Waals surface area contributed by atoms with Gasteiger partial charge in [0.05, 0.1) is 6.61 Å². The first-order valence-corrected chi connectivity index (χ1v) is 6.98. The van der Waals surface area contributed by atoms with Gasteiger partial charge in [-0.05, 0) is 36.1 Å². The van der Waals surface area contributed by atoms with Crippen molar-refractivity contribution in [1.29, 1.82) is 0 Å². The zero-order valence-corrected chi connectivity index (χ0v) is 11.9. The van der Waals surface area contributed by atoms with Crippen LogP contribution in [0, 0.1) is 5.82 Å². The molecule has 0 saturated carbocycles. The second-order valence-corrected chi connectivity index (χ2v) is 4.78. The van der Waals surface area contributed by atoms with Gasteiger partial charge in [0, 0.05) is 25.7 Å². The number of hydrogen-bond donors (Lipinski definition) is 2. The molecule has 0 aliphatic heterocycles. The predicted molar refractivity (Wildman–Crippen MR) is 76.2 cm³/mol. The van der Waals surface area contributed by atoms with Crippen LogP contribution in [0.5, 0.6) is 0 Å². The van der Waals surface area contributed by atoms with E-state index in [4.69, 9.17) is 5.73 Å². The normalized spacial score (nSPS) is 11.5. The Morgan fingerprint density at radius 3 is 2.47 bits per heavy atom. The highest BCUT2D eigenvalue weighted by Crippen LogP contribution is 2.17. The van der Waals surface area contributed by atoms with Crippen LogP contribution in [0.25, 0.3) is 0 Å². The summed E-state index contributed by atoms with van der Waals surface area (Å²) in [6, 6.07) is 5.20. The minimum Gasteiger partial charge on any atom is -0.395 e. The van der Waals surface area contributed by atoms with Gasteiger partial charge in [-0.25, -0.2) is 4.39 Å². The number of nitrogens with zero attached hydrogens (tertiary/aromatic N) is 1. The molecule has 0 aliphatic carbocycles. The lowest BCUT2D eigenvalue weighted by Gasteiger charge is -2.30. The maximum absolute atomic E-state index is 13.2. The van der Waals surface area contributed by atoms with Crippen molar-refractivity contribution in [2.75, 3.05) is 13.2 Å².